The van der Waals surface area contributed by atoms with Gasteiger partial charge in [-0.3, -0.25) is 0 Å². The highest BCUT2D eigenvalue weighted by Gasteiger charge is 2.24. The van der Waals surface area contributed by atoms with Gasteiger partial charge >= 0.3 is 0 Å². The molecule has 14 heavy (non-hydrogen) atoms. The molecular weight excluding hydrogens is 168 g/mol. The smallest absolute Gasteiger partial charge is 0.0125 e. The molecule has 0 bridgehead atoms. The molecule has 1 aromatic rings. The van der Waals surface area contributed by atoms with E-state index in [9.17, 15) is 0 Å². The van der Waals surface area contributed by atoms with E-state index < -0.39 is 0 Å². The molecule has 1 aromatic carbocycles. The second kappa shape index (κ2) is 4.00. The molecule has 0 fully saturated rings. The van der Waals surface area contributed by atoms with Crippen LogP contribution in [0, 0.1) is 6.92 Å². The van der Waals surface area contributed by atoms with Crippen LogP contribution in [-0.2, 0) is 5.41 Å². The Morgan fingerprint density at radius 2 is 1.79 bits per heavy atom. The number of aryl methyl sites for hydroxylation is 1. The van der Waals surface area contributed by atoms with Gasteiger partial charge in [0.05, 0.1) is 0 Å². The van der Waals surface area contributed by atoms with Crippen molar-refractivity contribution < 1.29 is 0 Å². The lowest BCUT2D eigenvalue weighted by molar-refractivity contribution is 0.538. The first kappa shape index (κ1) is 11.0. The zero-order valence-electron chi connectivity index (χ0n) is 9.72. The summed E-state index contributed by atoms with van der Waals surface area (Å²) < 4.78 is 0. The summed E-state index contributed by atoms with van der Waals surface area (Å²) >= 11 is 0. The van der Waals surface area contributed by atoms with Gasteiger partial charge < -0.3 is 0 Å². The Morgan fingerprint density at radius 3 is 2.14 bits per heavy atom. The van der Waals surface area contributed by atoms with Crippen molar-refractivity contribution in [2.75, 3.05) is 0 Å². The largest absolute Gasteiger partial charge is 0.0993 e. The van der Waals surface area contributed by atoms with Crippen LogP contribution in [0.2, 0.25) is 0 Å². The summed E-state index contributed by atoms with van der Waals surface area (Å²) in [6.07, 6.45) is 1.10. The summed E-state index contributed by atoms with van der Waals surface area (Å²) in [5.41, 5.74) is 4.06. The first-order valence-electron chi connectivity index (χ1n) is 5.24. The molecule has 0 heterocycles. The fraction of sp³-hybridized carbons (Fsp3) is 0.429. The van der Waals surface area contributed by atoms with E-state index in [1.807, 2.05) is 0 Å². The van der Waals surface area contributed by atoms with Crippen LogP contribution >= 0.6 is 0 Å². The monoisotopic (exact) mass is 188 g/mol. The molecule has 0 aliphatic heterocycles. The maximum Gasteiger partial charge on any atom is 0.0125 e. The molecule has 1 atom stereocenters. The van der Waals surface area contributed by atoms with Crippen LogP contribution in [0.25, 0.3) is 0 Å². The van der Waals surface area contributed by atoms with Crippen molar-refractivity contribution in [1.29, 1.82) is 0 Å². The fourth-order valence-corrected chi connectivity index (χ4v) is 1.67. The van der Waals surface area contributed by atoms with Crippen molar-refractivity contribution in [2.24, 2.45) is 0 Å². The van der Waals surface area contributed by atoms with Gasteiger partial charge in [0.1, 0.15) is 0 Å². The predicted molar refractivity (Wildman–Crippen MR) is 63.6 cm³/mol. The Labute approximate surface area is 87.7 Å². The number of hydrogen-bond acceptors (Lipinski definition) is 0. The van der Waals surface area contributed by atoms with E-state index in [0.717, 1.165) is 6.42 Å². The quantitative estimate of drug-likeness (QED) is 0.622. The lowest BCUT2D eigenvalue weighted by Crippen LogP contribution is -2.21. The molecule has 0 nitrogen and oxygen atoms in total. The van der Waals surface area contributed by atoms with Crippen LogP contribution in [0.1, 0.15) is 38.3 Å². The van der Waals surface area contributed by atoms with Gasteiger partial charge in [-0.2, -0.15) is 0 Å². The Morgan fingerprint density at radius 1 is 1.29 bits per heavy atom. The average Bonchev–Trinajstić information content (AvgIpc) is 2.17. The molecule has 0 aliphatic carbocycles. The summed E-state index contributed by atoms with van der Waals surface area (Å²) in [5.74, 6) is 0. The number of allylic oxidation sites excluding steroid dienone is 1. The van der Waals surface area contributed by atoms with Crippen LogP contribution in [0.3, 0.4) is 0 Å². The van der Waals surface area contributed by atoms with E-state index in [2.05, 4.69) is 58.5 Å². The summed E-state index contributed by atoms with van der Waals surface area (Å²) in [5, 5.41) is 0. The Hall–Kier alpha value is -1.04. The third kappa shape index (κ3) is 1.89. The highest BCUT2D eigenvalue weighted by Crippen LogP contribution is 2.33. The first-order valence-corrected chi connectivity index (χ1v) is 5.24. The summed E-state index contributed by atoms with van der Waals surface area (Å²) in [7, 11) is 0. The topological polar surface area (TPSA) is 0 Å². The molecule has 0 amide bonds. The van der Waals surface area contributed by atoms with Crippen molar-refractivity contribution in [3.05, 3.63) is 47.5 Å². The van der Waals surface area contributed by atoms with Crippen LogP contribution in [0.5, 0.6) is 0 Å². The zero-order valence-corrected chi connectivity index (χ0v) is 9.72. The Kier molecular flexibility index (Phi) is 3.15. The van der Waals surface area contributed by atoms with E-state index in [-0.39, 0.29) is 5.41 Å². The van der Waals surface area contributed by atoms with E-state index in [1.165, 1.54) is 16.7 Å². The van der Waals surface area contributed by atoms with Crippen molar-refractivity contribution in [3.8, 4) is 0 Å². The van der Waals surface area contributed by atoms with Gasteiger partial charge in [0, 0.05) is 5.41 Å². The average molecular weight is 188 g/mol. The molecule has 0 saturated heterocycles. The molecule has 0 radical (unpaired) electrons. The number of rotatable bonds is 3. The third-order valence-corrected chi connectivity index (χ3v) is 3.34. The molecule has 0 spiro atoms. The van der Waals surface area contributed by atoms with Gasteiger partial charge in [-0.15, -0.1) is 0 Å². The maximum atomic E-state index is 4.10. The molecule has 0 aliphatic rings. The highest BCUT2D eigenvalue weighted by molar-refractivity contribution is 5.34. The van der Waals surface area contributed by atoms with E-state index in [1.54, 1.807) is 0 Å². The fourth-order valence-electron chi connectivity index (χ4n) is 1.67. The summed E-state index contributed by atoms with van der Waals surface area (Å²) in [4.78, 5) is 0. The van der Waals surface area contributed by atoms with E-state index in [0.29, 0.717) is 0 Å². The van der Waals surface area contributed by atoms with Gasteiger partial charge in [-0.25, -0.2) is 0 Å². The van der Waals surface area contributed by atoms with Gasteiger partial charge in [0.2, 0.25) is 0 Å². The summed E-state index contributed by atoms with van der Waals surface area (Å²) in [6.45, 7) is 12.8. The third-order valence-electron chi connectivity index (χ3n) is 3.34. The van der Waals surface area contributed by atoms with Crippen molar-refractivity contribution in [2.45, 2.75) is 39.5 Å². The lowest BCUT2D eigenvalue weighted by Gasteiger charge is -2.29. The standard InChI is InChI=1S/C14H20/c1-6-14(5,11(2)3)13-9-7-12(4)8-10-13/h7-10H,2,6H2,1,3-5H3. The van der Waals surface area contributed by atoms with Crippen molar-refractivity contribution in [1.82, 2.24) is 0 Å². The van der Waals surface area contributed by atoms with Crippen molar-refractivity contribution >= 4 is 0 Å². The first-order chi connectivity index (χ1) is 6.50. The lowest BCUT2D eigenvalue weighted by atomic mass is 9.75. The minimum atomic E-state index is 0.133. The number of benzene rings is 1. The molecule has 0 N–H and O–H groups in total. The highest BCUT2D eigenvalue weighted by atomic mass is 14.3. The van der Waals surface area contributed by atoms with Gasteiger partial charge in [0.25, 0.3) is 0 Å². The Bertz CT molecular complexity index is 318. The molecule has 1 unspecified atom stereocenters. The van der Waals surface area contributed by atoms with E-state index >= 15 is 0 Å². The second-order valence-electron chi connectivity index (χ2n) is 4.33. The molecule has 0 aromatic heterocycles. The molecule has 76 valence electrons. The van der Waals surface area contributed by atoms with Crippen LogP contribution in [0.4, 0.5) is 0 Å². The molecule has 1 rings (SSSR count). The van der Waals surface area contributed by atoms with Gasteiger partial charge in [-0.05, 0) is 25.8 Å². The van der Waals surface area contributed by atoms with Crippen LogP contribution < -0.4 is 0 Å². The van der Waals surface area contributed by atoms with Crippen LogP contribution in [-0.4, -0.2) is 0 Å². The minimum Gasteiger partial charge on any atom is -0.0993 e. The van der Waals surface area contributed by atoms with Crippen molar-refractivity contribution in [3.63, 3.8) is 0 Å². The van der Waals surface area contributed by atoms with Crippen LogP contribution in [0.15, 0.2) is 36.4 Å². The number of hydrogen-bond donors (Lipinski definition) is 0. The SMILES string of the molecule is C=C(C)C(C)(CC)c1ccc(C)cc1. The second-order valence-corrected chi connectivity index (χ2v) is 4.33. The molecular formula is C14H20. The Balaban J connectivity index is 3.13. The predicted octanol–water partition coefficient (Wildman–Crippen LogP) is 4.24. The minimum absolute atomic E-state index is 0.133. The van der Waals surface area contributed by atoms with Gasteiger partial charge in [-0.1, -0.05) is 55.8 Å². The molecule has 0 saturated carbocycles. The summed E-state index contributed by atoms with van der Waals surface area (Å²) in [6, 6.07) is 8.78. The zero-order chi connectivity index (χ0) is 10.8. The normalized spacial score (nSPS) is 14.9. The molecule has 0 heteroatoms. The van der Waals surface area contributed by atoms with E-state index in [4.69, 9.17) is 0 Å². The van der Waals surface area contributed by atoms with Gasteiger partial charge in [0.15, 0.2) is 0 Å². The maximum absolute atomic E-state index is 4.10.